The molecule has 0 saturated heterocycles. The number of thiazole rings is 1. The van der Waals surface area contributed by atoms with Crippen molar-refractivity contribution in [1.29, 1.82) is 0 Å². The molecule has 0 atom stereocenters. The Labute approximate surface area is 200 Å². The second kappa shape index (κ2) is 8.99. The van der Waals surface area contributed by atoms with Crippen LogP contribution in [0.3, 0.4) is 0 Å². The molecule has 0 saturated carbocycles. The van der Waals surface area contributed by atoms with E-state index in [4.69, 9.17) is 4.74 Å². The van der Waals surface area contributed by atoms with Crippen molar-refractivity contribution in [2.45, 2.75) is 13.8 Å². The minimum Gasteiger partial charge on any atom is -0.496 e. The molecule has 5 aromatic rings. The lowest BCUT2D eigenvalue weighted by Gasteiger charge is -2.13. The molecule has 8 heteroatoms. The molecule has 4 aromatic heterocycles. The number of fused-ring (bicyclic) bond motifs is 1. The molecule has 0 aliphatic rings. The zero-order valence-corrected chi connectivity index (χ0v) is 19.7. The van der Waals surface area contributed by atoms with Gasteiger partial charge < -0.3 is 4.74 Å². The van der Waals surface area contributed by atoms with Crippen LogP contribution in [0.25, 0.3) is 32.6 Å². The van der Waals surface area contributed by atoms with Crippen molar-refractivity contribution < 1.29 is 9.53 Å². The van der Waals surface area contributed by atoms with E-state index >= 15 is 0 Å². The number of nitrogens with one attached hydrogen (secondary N) is 1. The number of aryl methyl sites for hydroxylation is 2. The fraction of sp³-hybridized carbons (Fsp3) is 0.115. The molecule has 0 radical (unpaired) electrons. The fourth-order valence-corrected chi connectivity index (χ4v) is 4.67. The Balaban J connectivity index is 1.48. The molecule has 0 fully saturated rings. The van der Waals surface area contributed by atoms with Crippen molar-refractivity contribution in [3.63, 3.8) is 0 Å². The van der Waals surface area contributed by atoms with Crippen LogP contribution in [0.15, 0.2) is 67.3 Å². The van der Waals surface area contributed by atoms with E-state index in [9.17, 15) is 4.79 Å². The van der Waals surface area contributed by atoms with Crippen LogP contribution >= 0.6 is 11.3 Å². The summed E-state index contributed by atoms with van der Waals surface area (Å²) in [6.45, 7) is 3.90. The van der Waals surface area contributed by atoms with Crippen LogP contribution in [-0.4, -0.2) is 33.0 Å². The topological polar surface area (TPSA) is 89.9 Å². The Kier molecular flexibility index (Phi) is 5.73. The summed E-state index contributed by atoms with van der Waals surface area (Å²) in [6.07, 6.45) is 6.97. The zero-order chi connectivity index (χ0) is 23.7. The Morgan fingerprint density at radius 1 is 0.971 bits per heavy atom. The van der Waals surface area contributed by atoms with E-state index in [1.165, 1.54) is 11.3 Å². The van der Waals surface area contributed by atoms with Gasteiger partial charge in [-0.3, -0.25) is 20.1 Å². The van der Waals surface area contributed by atoms with Crippen LogP contribution in [-0.2, 0) is 0 Å². The lowest BCUT2D eigenvalue weighted by Crippen LogP contribution is -2.14. The fourth-order valence-electron chi connectivity index (χ4n) is 3.81. The van der Waals surface area contributed by atoms with Gasteiger partial charge in [0.05, 0.1) is 17.4 Å². The highest BCUT2D eigenvalue weighted by atomic mass is 32.1. The van der Waals surface area contributed by atoms with Crippen LogP contribution in [0.1, 0.15) is 21.6 Å². The predicted molar refractivity (Wildman–Crippen MR) is 134 cm³/mol. The molecular formula is C26H21N5O2S. The number of amides is 1. The minimum atomic E-state index is -0.294. The molecule has 0 spiro atoms. The minimum absolute atomic E-state index is 0.294. The van der Waals surface area contributed by atoms with Crippen molar-refractivity contribution in [2.24, 2.45) is 0 Å². The number of rotatable bonds is 5. The summed E-state index contributed by atoms with van der Waals surface area (Å²) in [6, 6.07) is 13.5. The molecule has 0 aliphatic carbocycles. The molecule has 0 aliphatic heterocycles. The summed E-state index contributed by atoms with van der Waals surface area (Å²) in [4.78, 5) is 30.8. The van der Waals surface area contributed by atoms with Gasteiger partial charge in [-0.15, -0.1) is 0 Å². The van der Waals surface area contributed by atoms with Crippen molar-refractivity contribution in [3.05, 3.63) is 84.1 Å². The van der Waals surface area contributed by atoms with Gasteiger partial charge in [-0.05, 0) is 49.2 Å². The standard InChI is InChI=1S/C26H21N5O2S/c1-15-12-27-9-8-18(15)17-11-23-24(29-13-17)30-26(34-23)31-25(32)21-14-28-16(2)10-20(21)19-6-4-5-7-22(19)33-3/h4-14H,1-3H3,(H,29,30,31,32). The van der Waals surface area contributed by atoms with Crippen molar-refractivity contribution in [1.82, 2.24) is 19.9 Å². The number of anilines is 1. The van der Waals surface area contributed by atoms with Gasteiger partial charge in [-0.2, -0.15) is 4.98 Å². The number of methoxy groups -OCH3 is 1. The van der Waals surface area contributed by atoms with Gasteiger partial charge in [0, 0.05) is 47.2 Å². The lowest BCUT2D eigenvalue weighted by atomic mass is 9.99. The van der Waals surface area contributed by atoms with Crippen molar-refractivity contribution in [3.8, 4) is 28.0 Å². The van der Waals surface area contributed by atoms with Crippen LogP contribution < -0.4 is 10.1 Å². The summed E-state index contributed by atoms with van der Waals surface area (Å²) in [7, 11) is 1.61. The van der Waals surface area contributed by atoms with Gasteiger partial charge in [0.2, 0.25) is 0 Å². The highest BCUT2D eigenvalue weighted by Crippen LogP contribution is 2.34. The lowest BCUT2D eigenvalue weighted by molar-refractivity contribution is 0.102. The van der Waals surface area contributed by atoms with Gasteiger partial charge in [-0.1, -0.05) is 29.5 Å². The smallest absolute Gasteiger partial charge is 0.259 e. The molecule has 0 bridgehead atoms. The third-order valence-electron chi connectivity index (χ3n) is 5.48. The Morgan fingerprint density at radius 3 is 2.65 bits per heavy atom. The van der Waals surface area contributed by atoms with E-state index < -0.39 is 0 Å². The summed E-state index contributed by atoms with van der Waals surface area (Å²) in [5.41, 5.74) is 6.52. The zero-order valence-electron chi connectivity index (χ0n) is 18.9. The number of pyridine rings is 3. The molecule has 1 amide bonds. The number of carbonyl (C=O) groups is 1. The summed E-state index contributed by atoms with van der Waals surface area (Å²) in [5, 5.41) is 3.40. The van der Waals surface area contributed by atoms with Crippen molar-refractivity contribution in [2.75, 3.05) is 12.4 Å². The van der Waals surface area contributed by atoms with E-state index in [0.29, 0.717) is 22.1 Å². The Bertz CT molecular complexity index is 1530. The number of hydrogen-bond acceptors (Lipinski definition) is 7. The first-order chi connectivity index (χ1) is 16.5. The van der Waals surface area contributed by atoms with E-state index in [1.807, 2.05) is 62.5 Å². The predicted octanol–water partition coefficient (Wildman–Crippen LogP) is 5.69. The number of benzene rings is 1. The second-order valence-corrected chi connectivity index (χ2v) is 8.81. The number of ether oxygens (including phenoxy) is 1. The van der Waals surface area contributed by atoms with E-state index in [0.717, 1.165) is 38.2 Å². The third-order valence-corrected chi connectivity index (χ3v) is 6.39. The highest BCUT2D eigenvalue weighted by Gasteiger charge is 2.18. The first kappa shape index (κ1) is 21.7. The molecule has 5 rings (SSSR count). The molecule has 0 unspecified atom stereocenters. The van der Waals surface area contributed by atoms with Crippen molar-refractivity contribution >= 4 is 32.7 Å². The van der Waals surface area contributed by atoms with Crippen LogP contribution in [0, 0.1) is 13.8 Å². The number of aromatic nitrogens is 4. The van der Waals surface area contributed by atoms with Gasteiger partial charge in [0.15, 0.2) is 10.8 Å². The first-order valence-electron chi connectivity index (χ1n) is 10.6. The third kappa shape index (κ3) is 4.11. The Hall–Kier alpha value is -4.17. The molecule has 4 heterocycles. The van der Waals surface area contributed by atoms with Crippen LogP contribution in [0.2, 0.25) is 0 Å². The maximum Gasteiger partial charge on any atom is 0.259 e. The molecule has 1 aromatic carbocycles. The van der Waals surface area contributed by atoms with E-state index in [-0.39, 0.29) is 5.91 Å². The molecule has 1 N–H and O–H groups in total. The SMILES string of the molecule is COc1ccccc1-c1cc(C)ncc1C(=O)Nc1nc2ncc(-c3ccncc3C)cc2s1. The quantitative estimate of drug-likeness (QED) is 0.357. The number of nitrogens with zero attached hydrogens (tertiary/aromatic N) is 4. The number of carbonyl (C=O) groups excluding carboxylic acids is 1. The van der Waals surface area contributed by atoms with Gasteiger partial charge in [-0.25, -0.2) is 4.98 Å². The van der Waals surface area contributed by atoms with E-state index in [2.05, 4.69) is 25.3 Å². The summed E-state index contributed by atoms with van der Waals surface area (Å²) in [5.74, 6) is 0.392. The molecular weight excluding hydrogens is 446 g/mol. The highest BCUT2D eigenvalue weighted by molar-refractivity contribution is 7.22. The average Bonchev–Trinajstić information content (AvgIpc) is 3.25. The first-order valence-corrected chi connectivity index (χ1v) is 11.4. The molecule has 34 heavy (non-hydrogen) atoms. The summed E-state index contributed by atoms with van der Waals surface area (Å²) < 4.78 is 6.40. The van der Waals surface area contributed by atoms with Crippen LogP contribution in [0.5, 0.6) is 5.75 Å². The second-order valence-electron chi connectivity index (χ2n) is 7.78. The summed E-state index contributed by atoms with van der Waals surface area (Å²) >= 11 is 1.38. The average molecular weight is 468 g/mol. The Morgan fingerprint density at radius 2 is 1.82 bits per heavy atom. The molecule has 7 nitrogen and oxygen atoms in total. The van der Waals surface area contributed by atoms with E-state index in [1.54, 1.807) is 25.7 Å². The van der Waals surface area contributed by atoms with Crippen LogP contribution in [0.4, 0.5) is 5.13 Å². The van der Waals surface area contributed by atoms with Gasteiger partial charge in [0.25, 0.3) is 5.91 Å². The van der Waals surface area contributed by atoms with Gasteiger partial charge >= 0.3 is 0 Å². The molecule has 168 valence electrons. The largest absolute Gasteiger partial charge is 0.496 e. The maximum atomic E-state index is 13.3. The normalized spacial score (nSPS) is 10.9. The number of hydrogen-bond donors (Lipinski definition) is 1. The van der Waals surface area contributed by atoms with Gasteiger partial charge in [0.1, 0.15) is 5.75 Å². The number of para-hydroxylation sites is 1. The monoisotopic (exact) mass is 467 g/mol. The maximum absolute atomic E-state index is 13.3.